The molecule has 0 bridgehead atoms. The topological polar surface area (TPSA) is 53.9 Å². The van der Waals surface area contributed by atoms with Gasteiger partial charge in [-0.05, 0) is 60.4 Å². The number of hydrogen-bond acceptors (Lipinski definition) is 4. The van der Waals surface area contributed by atoms with Crippen molar-refractivity contribution in [3.63, 3.8) is 0 Å². The van der Waals surface area contributed by atoms with E-state index in [4.69, 9.17) is 4.74 Å². The highest BCUT2D eigenvalue weighted by atomic mass is 16.5. The van der Waals surface area contributed by atoms with Crippen molar-refractivity contribution >= 4 is 29.1 Å². The molecule has 5 nitrogen and oxygen atoms in total. The smallest absolute Gasteiger partial charge is 0.243 e. The first-order chi connectivity index (χ1) is 15.2. The summed E-state index contributed by atoms with van der Waals surface area (Å²) in [4.78, 5) is 18.6. The van der Waals surface area contributed by atoms with Gasteiger partial charge in [-0.1, -0.05) is 37.6 Å². The molecule has 5 heteroatoms. The van der Waals surface area contributed by atoms with E-state index in [0.29, 0.717) is 6.54 Å². The lowest BCUT2D eigenvalue weighted by Gasteiger charge is -2.18. The molecule has 0 atom stereocenters. The van der Waals surface area contributed by atoms with E-state index in [2.05, 4.69) is 40.3 Å². The summed E-state index contributed by atoms with van der Waals surface area (Å²) in [6, 6.07) is 10.3. The summed E-state index contributed by atoms with van der Waals surface area (Å²) in [6.45, 7) is 4.75. The number of rotatable bonds is 11. The third kappa shape index (κ3) is 6.45. The number of fused-ring (bicyclic) bond motifs is 1. The van der Waals surface area contributed by atoms with Gasteiger partial charge in [-0.25, -0.2) is 4.99 Å². The molecule has 0 spiro atoms. The van der Waals surface area contributed by atoms with Gasteiger partial charge in [-0.2, -0.15) is 0 Å². The number of aryl methyl sites for hydroxylation is 1. The van der Waals surface area contributed by atoms with E-state index in [1.165, 1.54) is 10.9 Å². The number of amides is 1. The molecule has 0 saturated carbocycles. The average Bonchev–Trinajstić information content (AvgIpc) is 2.81. The third-order valence-corrected chi connectivity index (χ3v) is 5.52. The zero-order chi connectivity index (χ0) is 21.9. The van der Waals surface area contributed by atoms with Crippen LogP contribution in [0.25, 0.3) is 16.8 Å². The summed E-state index contributed by atoms with van der Waals surface area (Å²) >= 11 is 0. The number of carbonyl (C=O) groups excluding carboxylic acids is 1. The Labute approximate surface area is 185 Å². The van der Waals surface area contributed by atoms with Gasteiger partial charge in [-0.3, -0.25) is 4.79 Å². The van der Waals surface area contributed by atoms with Crippen LogP contribution in [0, 0.1) is 0 Å². The van der Waals surface area contributed by atoms with Crippen molar-refractivity contribution in [3.8, 4) is 5.75 Å². The van der Waals surface area contributed by atoms with Crippen LogP contribution in [0.15, 0.2) is 53.7 Å². The fraction of sp³-hybridized carbons (Fsp3) is 0.385. The van der Waals surface area contributed by atoms with E-state index in [0.717, 1.165) is 61.9 Å². The van der Waals surface area contributed by atoms with Crippen LogP contribution >= 0.6 is 0 Å². The van der Waals surface area contributed by atoms with Crippen LogP contribution in [0.4, 0.5) is 0 Å². The van der Waals surface area contributed by atoms with Gasteiger partial charge in [-0.15, -0.1) is 0 Å². The molecule has 2 aromatic rings. The van der Waals surface area contributed by atoms with E-state index < -0.39 is 0 Å². The van der Waals surface area contributed by atoms with Gasteiger partial charge < -0.3 is 15.0 Å². The molecule has 1 N–H and O–H groups in total. The number of nitrogens with zero attached hydrogens (tertiary/aromatic N) is 2. The fourth-order valence-corrected chi connectivity index (χ4v) is 3.82. The molecule has 31 heavy (non-hydrogen) atoms. The van der Waals surface area contributed by atoms with Gasteiger partial charge in [0.25, 0.3) is 0 Å². The number of unbranched alkanes of at least 4 members (excludes halogenated alkanes) is 2. The molecule has 0 saturated heterocycles. The maximum Gasteiger partial charge on any atom is 0.243 e. The van der Waals surface area contributed by atoms with Gasteiger partial charge in [0, 0.05) is 37.3 Å². The second-order valence-electron chi connectivity index (χ2n) is 7.77. The maximum absolute atomic E-state index is 12.3. The van der Waals surface area contributed by atoms with Gasteiger partial charge in [0.05, 0.1) is 13.4 Å². The van der Waals surface area contributed by atoms with Crippen molar-refractivity contribution in [1.82, 2.24) is 10.2 Å². The summed E-state index contributed by atoms with van der Waals surface area (Å²) in [6.07, 6.45) is 14.5. The van der Waals surface area contributed by atoms with E-state index in [1.54, 1.807) is 13.2 Å². The first-order valence-electron chi connectivity index (χ1n) is 11.2. The molecule has 1 heterocycles. The number of methoxy groups -OCH3 is 1. The van der Waals surface area contributed by atoms with Gasteiger partial charge in [0.15, 0.2) is 0 Å². The van der Waals surface area contributed by atoms with Crippen molar-refractivity contribution in [2.75, 3.05) is 26.7 Å². The highest BCUT2D eigenvalue weighted by Crippen LogP contribution is 2.31. The molecule has 0 fully saturated rings. The summed E-state index contributed by atoms with van der Waals surface area (Å²) in [7, 11) is 1.70. The third-order valence-electron chi connectivity index (χ3n) is 5.52. The molecule has 0 aliphatic carbocycles. The van der Waals surface area contributed by atoms with Crippen molar-refractivity contribution < 1.29 is 9.53 Å². The SMILES string of the molecule is CCCCc1c(/C=C/C(=O)NCCCCN2C=NC=CC2)ccc2c(OC)cccc12. The Bertz CT molecular complexity index is 963. The lowest BCUT2D eigenvalue weighted by molar-refractivity contribution is -0.116. The minimum Gasteiger partial charge on any atom is -0.496 e. The largest absolute Gasteiger partial charge is 0.496 e. The minimum absolute atomic E-state index is 0.0466. The second-order valence-corrected chi connectivity index (χ2v) is 7.77. The highest BCUT2D eigenvalue weighted by molar-refractivity contribution is 5.96. The van der Waals surface area contributed by atoms with Crippen molar-refractivity contribution in [3.05, 3.63) is 59.8 Å². The lowest BCUT2D eigenvalue weighted by atomic mass is 9.94. The lowest BCUT2D eigenvalue weighted by Crippen LogP contribution is -2.26. The summed E-state index contributed by atoms with van der Waals surface area (Å²) < 4.78 is 5.53. The normalized spacial score (nSPS) is 13.3. The monoisotopic (exact) mass is 419 g/mol. The summed E-state index contributed by atoms with van der Waals surface area (Å²) in [5, 5.41) is 5.31. The van der Waals surface area contributed by atoms with Crippen LogP contribution in [0.1, 0.15) is 43.7 Å². The van der Waals surface area contributed by atoms with Crippen LogP contribution < -0.4 is 10.1 Å². The number of nitrogens with one attached hydrogen (secondary N) is 1. The molecule has 0 aromatic heterocycles. The molecular weight excluding hydrogens is 386 g/mol. The van der Waals surface area contributed by atoms with Crippen LogP contribution in [-0.4, -0.2) is 43.9 Å². The quantitative estimate of drug-likeness (QED) is 0.414. The van der Waals surface area contributed by atoms with Crippen molar-refractivity contribution in [2.45, 2.75) is 39.0 Å². The van der Waals surface area contributed by atoms with E-state index >= 15 is 0 Å². The molecule has 1 amide bonds. The Morgan fingerprint density at radius 1 is 1.19 bits per heavy atom. The van der Waals surface area contributed by atoms with E-state index in [-0.39, 0.29) is 5.91 Å². The van der Waals surface area contributed by atoms with Crippen LogP contribution in [0.2, 0.25) is 0 Å². The Kier molecular flexibility index (Phi) is 8.71. The zero-order valence-corrected chi connectivity index (χ0v) is 18.6. The predicted molar refractivity (Wildman–Crippen MR) is 130 cm³/mol. The standard InChI is InChI=1S/C26H33N3O2/c1-3-4-9-22-21(12-14-24-23(22)10-7-11-25(24)31-2)13-15-26(30)28-17-5-6-18-29-19-8-16-27-20-29/h7-8,10-16,20H,3-6,9,17-19H2,1-2H3,(H,28,30)/b15-13+. The van der Waals surface area contributed by atoms with E-state index in [9.17, 15) is 4.79 Å². The fourth-order valence-electron chi connectivity index (χ4n) is 3.82. The number of ether oxygens (including phenoxy) is 1. The summed E-state index contributed by atoms with van der Waals surface area (Å²) in [5.74, 6) is 0.838. The molecule has 1 aliphatic rings. The van der Waals surface area contributed by atoms with Crippen molar-refractivity contribution in [2.24, 2.45) is 4.99 Å². The molecule has 3 rings (SSSR count). The van der Waals surface area contributed by atoms with Gasteiger partial charge in [0.2, 0.25) is 5.91 Å². The van der Waals surface area contributed by atoms with Crippen LogP contribution in [0.5, 0.6) is 5.75 Å². The second kappa shape index (κ2) is 11.9. The van der Waals surface area contributed by atoms with Crippen LogP contribution in [-0.2, 0) is 11.2 Å². The maximum atomic E-state index is 12.3. The number of benzene rings is 2. The van der Waals surface area contributed by atoms with Gasteiger partial charge in [0.1, 0.15) is 5.75 Å². The highest BCUT2D eigenvalue weighted by Gasteiger charge is 2.09. The number of hydrogen-bond donors (Lipinski definition) is 1. The average molecular weight is 420 g/mol. The molecule has 2 aromatic carbocycles. The molecule has 164 valence electrons. The first-order valence-corrected chi connectivity index (χ1v) is 11.2. The predicted octanol–water partition coefficient (Wildman–Crippen LogP) is 4.96. The Morgan fingerprint density at radius 2 is 2.10 bits per heavy atom. The molecule has 0 radical (unpaired) electrons. The van der Waals surface area contributed by atoms with E-state index in [1.807, 2.05) is 36.8 Å². The Balaban J connectivity index is 1.58. The number of carbonyl (C=O) groups is 1. The number of aliphatic imine (C=N–C) groups is 1. The molecular formula is C26H33N3O2. The Morgan fingerprint density at radius 3 is 2.87 bits per heavy atom. The van der Waals surface area contributed by atoms with Gasteiger partial charge >= 0.3 is 0 Å². The van der Waals surface area contributed by atoms with Crippen molar-refractivity contribution in [1.29, 1.82) is 0 Å². The summed E-state index contributed by atoms with van der Waals surface area (Å²) in [5.41, 5.74) is 2.38. The minimum atomic E-state index is -0.0466. The van der Waals surface area contributed by atoms with Crippen LogP contribution in [0.3, 0.4) is 0 Å². The zero-order valence-electron chi connectivity index (χ0n) is 18.6. The molecule has 1 aliphatic heterocycles. The Hall–Kier alpha value is -3.08. The first kappa shape index (κ1) is 22.6. The molecule has 0 unspecified atom stereocenters.